The Balaban J connectivity index is 3.30. The van der Waals surface area contributed by atoms with E-state index in [-0.39, 0.29) is 0 Å². The van der Waals surface area contributed by atoms with Crippen molar-refractivity contribution in [2.45, 2.75) is 20.3 Å². The van der Waals surface area contributed by atoms with E-state index in [2.05, 4.69) is 13.0 Å². The monoisotopic (exact) mass is 143 g/mol. The first kappa shape index (κ1) is 9.66. The molecule has 0 radical (unpaired) electrons. The number of ether oxygens (including phenoxy) is 1. The molecular formula is C8H17NO. The Morgan fingerprint density at radius 2 is 2.30 bits per heavy atom. The van der Waals surface area contributed by atoms with Crippen LogP contribution in [0.2, 0.25) is 0 Å². The van der Waals surface area contributed by atoms with Crippen molar-refractivity contribution in [1.82, 2.24) is 0 Å². The summed E-state index contributed by atoms with van der Waals surface area (Å²) in [5.41, 5.74) is 6.59. The molecule has 0 aliphatic rings. The van der Waals surface area contributed by atoms with Crippen LogP contribution in [0, 0.1) is 0 Å². The molecular weight excluding hydrogens is 126 g/mol. The molecule has 2 heteroatoms. The molecule has 0 unspecified atom stereocenters. The molecule has 0 amide bonds. The third-order valence-electron chi connectivity index (χ3n) is 1.19. The first-order valence-electron chi connectivity index (χ1n) is 3.74. The van der Waals surface area contributed by atoms with E-state index in [1.807, 2.05) is 6.92 Å². The number of hydrogen-bond acceptors (Lipinski definition) is 2. The largest absolute Gasteiger partial charge is 0.377 e. The lowest BCUT2D eigenvalue weighted by Gasteiger charge is -1.99. The SMILES string of the molecule is CCOCC(C)=CCCN. The van der Waals surface area contributed by atoms with E-state index in [1.54, 1.807) is 0 Å². The normalized spacial score (nSPS) is 12.1. The van der Waals surface area contributed by atoms with Crippen LogP contribution < -0.4 is 5.73 Å². The molecule has 2 N–H and O–H groups in total. The Labute approximate surface area is 63.1 Å². The fourth-order valence-electron chi connectivity index (χ4n) is 0.652. The summed E-state index contributed by atoms with van der Waals surface area (Å²) in [5, 5.41) is 0. The molecule has 0 bridgehead atoms. The van der Waals surface area contributed by atoms with Gasteiger partial charge in [0.2, 0.25) is 0 Å². The molecule has 60 valence electrons. The van der Waals surface area contributed by atoms with Gasteiger partial charge >= 0.3 is 0 Å². The van der Waals surface area contributed by atoms with E-state index in [0.717, 1.165) is 26.2 Å². The highest BCUT2D eigenvalue weighted by molar-refractivity contribution is 4.97. The predicted molar refractivity (Wildman–Crippen MR) is 43.9 cm³/mol. The van der Waals surface area contributed by atoms with Crippen molar-refractivity contribution in [2.24, 2.45) is 5.73 Å². The van der Waals surface area contributed by atoms with Gasteiger partial charge in [-0.1, -0.05) is 11.6 Å². The lowest BCUT2D eigenvalue weighted by Crippen LogP contribution is -1.98. The van der Waals surface area contributed by atoms with Gasteiger partial charge < -0.3 is 10.5 Å². The summed E-state index contributed by atoms with van der Waals surface area (Å²) in [4.78, 5) is 0. The van der Waals surface area contributed by atoms with Crippen molar-refractivity contribution >= 4 is 0 Å². The lowest BCUT2D eigenvalue weighted by molar-refractivity contribution is 0.170. The van der Waals surface area contributed by atoms with Crippen LogP contribution in [0.4, 0.5) is 0 Å². The Morgan fingerprint density at radius 1 is 1.60 bits per heavy atom. The second-order valence-electron chi connectivity index (χ2n) is 2.26. The van der Waals surface area contributed by atoms with Crippen LogP contribution in [0.1, 0.15) is 20.3 Å². The molecule has 0 aromatic rings. The standard InChI is InChI=1S/C8H17NO/c1-3-10-7-8(2)5-4-6-9/h5H,3-4,6-7,9H2,1-2H3. The zero-order valence-corrected chi connectivity index (χ0v) is 6.89. The molecule has 0 heterocycles. The van der Waals surface area contributed by atoms with E-state index in [9.17, 15) is 0 Å². The molecule has 0 saturated heterocycles. The highest BCUT2D eigenvalue weighted by Crippen LogP contribution is 1.94. The highest BCUT2D eigenvalue weighted by Gasteiger charge is 1.86. The van der Waals surface area contributed by atoms with Crippen molar-refractivity contribution in [1.29, 1.82) is 0 Å². The Bertz CT molecular complexity index is 99.4. The molecule has 0 saturated carbocycles. The topological polar surface area (TPSA) is 35.2 Å². The van der Waals surface area contributed by atoms with Gasteiger partial charge in [0.1, 0.15) is 0 Å². The lowest BCUT2D eigenvalue weighted by atomic mass is 10.2. The minimum Gasteiger partial charge on any atom is -0.377 e. The molecule has 0 aliphatic carbocycles. The van der Waals surface area contributed by atoms with Crippen LogP contribution in [-0.2, 0) is 4.74 Å². The molecule has 0 aromatic carbocycles. The first-order chi connectivity index (χ1) is 4.81. The summed E-state index contributed by atoms with van der Waals surface area (Å²) in [6, 6.07) is 0. The number of rotatable bonds is 5. The van der Waals surface area contributed by atoms with Gasteiger partial charge in [-0.3, -0.25) is 0 Å². The van der Waals surface area contributed by atoms with E-state index in [1.165, 1.54) is 5.57 Å². The van der Waals surface area contributed by atoms with Crippen LogP contribution in [-0.4, -0.2) is 19.8 Å². The fraction of sp³-hybridized carbons (Fsp3) is 0.750. The fourth-order valence-corrected chi connectivity index (χ4v) is 0.652. The van der Waals surface area contributed by atoms with Crippen LogP contribution >= 0.6 is 0 Å². The summed E-state index contributed by atoms with van der Waals surface area (Å²) >= 11 is 0. The van der Waals surface area contributed by atoms with Crippen molar-refractivity contribution in [3.05, 3.63) is 11.6 Å². The van der Waals surface area contributed by atoms with E-state index >= 15 is 0 Å². The smallest absolute Gasteiger partial charge is 0.0673 e. The molecule has 10 heavy (non-hydrogen) atoms. The third kappa shape index (κ3) is 5.79. The van der Waals surface area contributed by atoms with Crippen LogP contribution in [0.5, 0.6) is 0 Å². The van der Waals surface area contributed by atoms with Gasteiger partial charge in [0.05, 0.1) is 6.61 Å². The molecule has 0 aliphatic heterocycles. The van der Waals surface area contributed by atoms with E-state index < -0.39 is 0 Å². The molecule has 0 rings (SSSR count). The second-order valence-corrected chi connectivity index (χ2v) is 2.26. The van der Waals surface area contributed by atoms with Crippen LogP contribution in [0.3, 0.4) is 0 Å². The summed E-state index contributed by atoms with van der Waals surface area (Å²) in [7, 11) is 0. The molecule has 0 atom stereocenters. The maximum absolute atomic E-state index is 5.32. The quantitative estimate of drug-likeness (QED) is 0.589. The summed E-state index contributed by atoms with van der Waals surface area (Å²) in [5.74, 6) is 0. The minimum atomic E-state index is 0.726. The molecule has 0 aromatic heterocycles. The Kier molecular flexibility index (Phi) is 6.55. The zero-order chi connectivity index (χ0) is 7.82. The summed E-state index contributed by atoms with van der Waals surface area (Å²) < 4.78 is 5.18. The van der Waals surface area contributed by atoms with Crippen molar-refractivity contribution in [3.8, 4) is 0 Å². The van der Waals surface area contributed by atoms with Gasteiger partial charge in [0.25, 0.3) is 0 Å². The molecule has 2 nitrogen and oxygen atoms in total. The zero-order valence-electron chi connectivity index (χ0n) is 6.89. The molecule has 0 spiro atoms. The van der Waals surface area contributed by atoms with Gasteiger partial charge in [-0.2, -0.15) is 0 Å². The van der Waals surface area contributed by atoms with Gasteiger partial charge in [-0.15, -0.1) is 0 Å². The molecule has 0 fully saturated rings. The van der Waals surface area contributed by atoms with Crippen molar-refractivity contribution in [2.75, 3.05) is 19.8 Å². The summed E-state index contributed by atoms with van der Waals surface area (Å²) in [6.07, 6.45) is 3.08. The van der Waals surface area contributed by atoms with Crippen molar-refractivity contribution in [3.63, 3.8) is 0 Å². The average Bonchev–Trinajstić information content (AvgIpc) is 1.97. The maximum Gasteiger partial charge on any atom is 0.0673 e. The minimum absolute atomic E-state index is 0.726. The average molecular weight is 143 g/mol. The van der Waals surface area contributed by atoms with Crippen molar-refractivity contribution < 1.29 is 4.74 Å². The predicted octanol–water partition coefficient (Wildman–Crippen LogP) is 1.32. The number of nitrogens with two attached hydrogens (primary N) is 1. The number of hydrogen-bond donors (Lipinski definition) is 1. The summed E-state index contributed by atoms with van der Waals surface area (Å²) in [6.45, 7) is 6.31. The van der Waals surface area contributed by atoms with Crippen LogP contribution in [0.15, 0.2) is 11.6 Å². The maximum atomic E-state index is 5.32. The van der Waals surface area contributed by atoms with E-state index in [4.69, 9.17) is 10.5 Å². The van der Waals surface area contributed by atoms with Gasteiger partial charge in [-0.25, -0.2) is 0 Å². The Morgan fingerprint density at radius 3 is 2.80 bits per heavy atom. The first-order valence-corrected chi connectivity index (χ1v) is 3.74. The third-order valence-corrected chi connectivity index (χ3v) is 1.19. The second kappa shape index (κ2) is 6.78. The van der Waals surface area contributed by atoms with Crippen LogP contribution in [0.25, 0.3) is 0 Å². The van der Waals surface area contributed by atoms with Gasteiger partial charge in [0.15, 0.2) is 0 Å². The van der Waals surface area contributed by atoms with E-state index in [0.29, 0.717) is 0 Å². The Hall–Kier alpha value is -0.340. The highest BCUT2D eigenvalue weighted by atomic mass is 16.5. The van der Waals surface area contributed by atoms with Gasteiger partial charge in [0, 0.05) is 6.61 Å². The van der Waals surface area contributed by atoms with Gasteiger partial charge in [-0.05, 0) is 26.8 Å².